The molecule has 8 heteroatoms. The van der Waals surface area contributed by atoms with E-state index >= 15 is 0 Å². The molecule has 2 aromatic rings. The van der Waals surface area contributed by atoms with E-state index in [1.54, 1.807) is 0 Å². The number of nitrogens with one attached hydrogen (secondary N) is 3. The predicted octanol–water partition coefficient (Wildman–Crippen LogP) is 3.69. The second-order valence-electron chi connectivity index (χ2n) is 11.4. The molecule has 1 heterocycles. The van der Waals surface area contributed by atoms with Gasteiger partial charge in [-0.2, -0.15) is 0 Å². The molecule has 2 aliphatic rings. The molecule has 0 aromatic heterocycles. The molecule has 2 atom stereocenters. The minimum Gasteiger partial charge on any atom is -0.399 e. The van der Waals surface area contributed by atoms with E-state index in [9.17, 15) is 9.59 Å². The molecule has 2 aromatic carbocycles. The molecule has 7 N–H and O–H groups in total. The second-order valence-corrected chi connectivity index (χ2v) is 11.4. The summed E-state index contributed by atoms with van der Waals surface area (Å²) in [6.45, 7) is 4.08. The summed E-state index contributed by atoms with van der Waals surface area (Å²) in [6.07, 6.45) is 7.54. The zero-order chi connectivity index (χ0) is 27.8. The van der Waals surface area contributed by atoms with Crippen LogP contribution in [-0.4, -0.2) is 48.3 Å². The van der Waals surface area contributed by atoms with E-state index in [4.69, 9.17) is 16.9 Å². The van der Waals surface area contributed by atoms with Gasteiger partial charge in [0, 0.05) is 25.3 Å². The van der Waals surface area contributed by atoms with E-state index in [-0.39, 0.29) is 23.7 Å². The van der Waals surface area contributed by atoms with Gasteiger partial charge in [-0.05, 0) is 74.1 Å². The third-order valence-corrected chi connectivity index (χ3v) is 8.40. The van der Waals surface area contributed by atoms with E-state index in [2.05, 4.69) is 16.7 Å². The third kappa shape index (κ3) is 7.97. The molecular weight excluding hydrogens is 488 g/mol. The molecule has 8 nitrogen and oxygen atoms in total. The Labute approximate surface area is 232 Å². The van der Waals surface area contributed by atoms with Crippen molar-refractivity contribution < 1.29 is 9.59 Å². The number of guanidine groups is 1. The Morgan fingerprint density at radius 2 is 1.69 bits per heavy atom. The topological polar surface area (TPSA) is 137 Å². The molecule has 0 radical (unpaired) electrons. The lowest BCUT2D eigenvalue weighted by Crippen LogP contribution is -2.53. The van der Waals surface area contributed by atoms with E-state index in [0.717, 1.165) is 68.3 Å². The number of carbonyl (C=O) groups is 2. The van der Waals surface area contributed by atoms with Crippen LogP contribution in [0.5, 0.6) is 0 Å². The van der Waals surface area contributed by atoms with Crippen LogP contribution < -0.4 is 22.1 Å². The molecule has 0 spiro atoms. The van der Waals surface area contributed by atoms with Crippen molar-refractivity contribution in [1.29, 1.82) is 5.41 Å². The van der Waals surface area contributed by atoms with Gasteiger partial charge in [0.2, 0.25) is 11.8 Å². The highest BCUT2D eigenvalue weighted by Gasteiger charge is 2.34. The maximum Gasteiger partial charge on any atom is 0.242 e. The predicted molar refractivity (Wildman–Crippen MR) is 156 cm³/mol. The fraction of sp³-hybridized carbons (Fsp3) is 0.516. The number of benzene rings is 2. The van der Waals surface area contributed by atoms with E-state index in [0.29, 0.717) is 24.6 Å². The molecule has 1 saturated heterocycles. The molecule has 210 valence electrons. The van der Waals surface area contributed by atoms with Crippen LogP contribution in [0.15, 0.2) is 48.5 Å². The van der Waals surface area contributed by atoms with E-state index in [1.807, 2.05) is 54.3 Å². The van der Waals surface area contributed by atoms with Crippen molar-refractivity contribution in [2.75, 3.05) is 25.4 Å². The lowest BCUT2D eigenvalue weighted by molar-refractivity contribution is -0.131. The summed E-state index contributed by atoms with van der Waals surface area (Å²) in [5, 5.41) is 14.0. The highest BCUT2D eigenvalue weighted by atomic mass is 16.2. The molecule has 0 bridgehead atoms. The second kappa shape index (κ2) is 13.5. The van der Waals surface area contributed by atoms with Gasteiger partial charge < -0.3 is 27.0 Å². The Kier molecular flexibility index (Phi) is 9.85. The van der Waals surface area contributed by atoms with Gasteiger partial charge in [0.1, 0.15) is 6.04 Å². The van der Waals surface area contributed by atoms with Crippen molar-refractivity contribution in [2.24, 2.45) is 17.6 Å². The van der Waals surface area contributed by atoms with Gasteiger partial charge >= 0.3 is 0 Å². The Morgan fingerprint density at radius 1 is 1.00 bits per heavy atom. The van der Waals surface area contributed by atoms with Crippen molar-refractivity contribution in [1.82, 2.24) is 15.5 Å². The smallest absolute Gasteiger partial charge is 0.242 e. The normalized spacial score (nSPS) is 18.2. The van der Waals surface area contributed by atoms with Crippen LogP contribution in [0.1, 0.15) is 67.6 Å². The molecule has 39 heavy (non-hydrogen) atoms. The van der Waals surface area contributed by atoms with Gasteiger partial charge in [-0.25, -0.2) is 0 Å². The number of nitrogens with zero attached hydrogens (tertiary/aromatic N) is 1. The fourth-order valence-corrected chi connectivity index (χ4v) is 5.99. The van der Waals surface area contributed by atoms with Gasteiger partial charge in [0.05, 0.1) is 5.92 Å². The fourth-order valence-electron chi connectivity index (χ4n) is 5.99. The van der Waals surface area contributed by atoms with Crippen LogP contribution in [0, 0.1) is 24.2 Å². The molecule has 1 saturated carbocycles. The van der Waals surface area contributed by atoms with Crippen molar-refractivity contribution >= 4 is 23.5 Å². The molecule has 2 amide bonds. The van der Waals surface area contributed by atoms with Gasteiger partial charge in [0.15, 0.2) is 5.96 Å². The summed E-state index contributed by atoms with van der Waals surface area (Å²) in [6, 6.07) is 15.2. The largest absolute Gasteiger partial charge is 0.399 e. The number of piperidine rings is 1. The van der Waals surface area contributed by atoms with Crippen LogP contribution in [0.2, 0.25) is 0 Å². The zero-order valence-electron chi connectivity index (χ0n) is 23.1. The summed E-state index contributed by atoms with van der Waals surface area (Å²) in [7, 11) is 0. The van der Waals surface area contributed by atoms with Crippen molar-refractivity contribution in [3.63, 3.8) is 0 Å². The average molecular weight is 533 g/mol. The molecule has 1 aliphatic heterocycles. The zero-order valence-corrected chi connectivity index (χ0v) is 23.1. The summed E-state index contributed by atoms with van der Waals surface area (Å²) in [5.74, 6) is -0.0181. The summed E-state index contributed by atoms with van der Waals surface area (Å²) >= 11 is 0. The van der Waals surface area contributed by atoms with Gasteiger partial charge in [0.25, 0.3) is 0 Å². The van der Waals surface area contributed by atoms with E-state index in [1.165, 1.54) is 6.42 Å². The summed E-state index contributed by atoms with van der Waals surface area (Å²) in [5.41, 5.74) is 15.3. The molecule has 1 aliphatic carbocycles. The maximum absolute atomic E-state index is 13.9. The number of nitrogen functional groups attached to an aromatic ring is 1. The number of likely N-dealkylation sites (tertiary alicyclic amines) is 1. The average Bonchev–Trinajstić information content (AvgIpc) is 2.95. The van der Waals surface area contributed by atoms with Crippen LogP contribution >= 0.6 is 0 Å². The van der Waals surface area contributed by atoms with Crippen LogP contribution in [0.4, 0.5) is 5.69 Å². The van der Waals surface area contributed by atoms with Crippen molar-refractivity contribution in [2.45, 2.75) is 70.3 Å². The maximum atomic E-state index is 13.9. The summed E-state index contributed by atoms with van der Waals surface area (Å²) < 4.78 is 0. The number of carbonyl (C=O) groups excluding carboxylic acids is 2. The summed E-state index contributed by atoms with van der Waals surface area (Å²) in [4.78, 5) is 29.4. The van der Waals surface area contributed by atoms with Gasteiger partial charge in [-0.15, -0.1) is 0 Å². The molecule has 2 unspecified atom stereocenters. The first-order valence-electron chi connectivity index (χ1n) is 14.4. The molecular formula is C31H44N6O2. The number of nitrogens with two attached hydrogens (primary N) is 2. The minimum absolute atomic E-state index is 0.0836. The quantitative estimate of drug-likeness (QED) is 0.191. The Bertz CT molecular complexity index is 1120. The molecule has 2 fully saturated rings. The monoisotopic (exact) mass is 532 g/mol. The van der Waals surface area contributed by atoms with Crippen LogP contribution in [0.3, 0.4) is 0 Å². The number of hydrogen-bond donors (Lipinski definition) is 5. The van der Waals surface area contributed by atoms with Gasteiger partial charge in [-0.1, -0.05) is 61.2 Å². The van der Waals surface area contributed by atoms with E-state index < -0.39 is 12.0 Å². The first-order valence-corrected chi connectivity index (χ1v) is 14.4. The first-order chi connectivity index (χ1) is 18.8. The Balaban J connectivity index is 1.48. The lowest BCUT2D eigenvalue weighted by Gasteiger charge is -2.34. The Hall–Kier alpha value is -3.55. The number of rotatable bonds is 9. The number of anilines is 1. The highest BCUT2D eigenvalue weighted by molar-refractivity contribution is 5.91. The van der Waals surface area contributed by atoms with Crippen LogP contribution in [0.25, 0.3) is 0 Å². The van der Waals surface area contributed by atoms with Crippen LogP contribution in [-0.2, 0) is 16.0 Å². The first kappa shape index (κ1) is 28.5. The SMILES string of the molecule is Cc1cccc(C(Cc2ccc(N)cc2)C(=O)NC(C(=O)NCC2CCN(C(=N)N)CC2)C2CCCCC2)c1. The standard InChI is InChI=1S/C31H44N6O2/c1-21-6-5-9-25(18-21)27(19-22-10-12-26(32)13-11-22)29(38)36-28(24-7-3-2-4-8-24)30(39)35-20-23-14-16-37(17-15-23)31(33)34/h5-6,9-13,18,23-24,27-28H,2-4,7-8,14-17,19-20,32H2,1H3,(H3,33,34)(H,35,39)(H,36,38). The van der Waals surface area contributed by atoms with Gasteiger partial charge in [-0.3, -0.25) is 15.0 Å². The minimum atomic E-state index is -0.547. The lowest BCUT2D eigenvalue weighted by atomic mass is 9.82. The molecule has 4 rings (SSSR count). The third-order valence-electron chi connectivity index (χ3n) is 8.40. The Morgan fingerprint density at radius 3 is 2.33 bits per heavy atom. The van der Waals surface area contributed by atoms with Crippen molar-refractivity contribution in [3.8, 4) is 0 Å². The number of amides is 2. The van der Waals surface area contributed by atoms with Crippen molar-refractivity contribution in [3.05, 3.63) is 65.2 Å². The highest BCUT2D eigenvalue weighted by Crippen LogP contribution is 2.29. The number of hydrogen-bond acceptors (Lipinski definition) is 4. The number of aryl methyl sites for hydroxylation is 1.